The summed E-state index contributed by atoms with van der Waals surface area (Å²) in [6, 6.07) is 0. The van der Waals surface area contributed by atoms with Crippen molar-refractivity contribution in [2.75, 3.05) is 0 Å². The molecule has 0 saturated heterocycles. The molecule has 4 nitrogen and oxygen atoms in total. The van der Waals surface area contributed by atoms with Crippen molar-refractivity contribution in [3.05, 3.63) is 0 Å². The summed E-state index contributed by atoms with van der Waals surface area (Å²) in [7, 11) is -4.64. The van der Waals surface area contributed by atoms with Crippen LogP contribution in [-0.4, -0.2) is 14.7 Å². The minimum absolute atomic E-state index is 0. The minimum Gasteiger partial charge on any atom is -0.303 e. The SMILES string of the molecule is O=P(O)(O)O.[He]. The van der Waals surface area contributed by atoms with E-state index >= 15 is 0 Å². The molecule has 0 amide bonds. The first-order chi connectivity index (χ1) is 2.00. The Kier molecular flexibility index (Phi) is 3.50. The minimum atomic E-state index is -4.64. The van der Waals surface area contributed by atoms with E-state index in [4.69, 9.17) is 19.2 Å². The molecule has 0 spiro atoms. The van der Waals surface area contributed by atoms with E-state index in [1.807, 2.05) is 0 Å². The Balaban J connectivity index is 0. The van der Waals surface area contributed by atoms with Crippen LogP contribution in [0.25, 0.3) is 0 Å². The molecule has 0 fully saturated rings. The van der Waals surface area contributed by atoms with Crippen LogP contribution in [0.3, 0.4) is 0 Å². The van der Waals surface area contributed by atoms with Crippen LogP contribution in [0.1, 0.15) is 0 Å². The second kappa shape index (κ2) is 2.24. The van der Waals surface area contributed by atoms with Gasteiger partial charge >= 0.3 is 7.82 Å². The fourth-order valence-corrected chi connectivity index (χ4v) is 0. The maximum atomic E-state index is 8.88. The van der Waals surface area contributed by atoms with Gasteiger partial charge in [0.15, 0.2) is 0 Å². The Morgan fingerprint density at radius 3 is 1.17 bits per heavy atom. The summed E-state index contributed by atoms with van der Waals surface area (Å²) in [5.74, 6) is 0. The van der Waals surface area contributed by atoms with Crippen molar-refractivity contribution in [2.45, 2.75) is 0 Å². The molecule has 6 heteroatoms. The quantitative estimate of drug-likeness (QED) is 0.345. The number of hydrogen-bond donors (Lipinski definition) is 3. The smallest absolute Gasteiger partial charge is 0.303 e. The van der Waals surface area contributed by atoms with E-state index in [1.165, 1.54) is 0 Å². The third kappa shape index (κ3) is 101000. The molecule has 3 N–H and O–H groups in total. The molecule has 0 heterocycles. The van der Waals surface area contributed by atoms with E-state index < -0.39 is 7.82 Å². The first-order valence-corrected chi connectivity index (χ1v) is 2.35. The molecule has 0 unspecified atom stereocenters. The topological polar surface area (TPSA) is 77.8 Å². The summed E-state index contributed by atoms with van der Waals surface area (Å²) in [6.07, 6.45) is 0. The van der Waals surface area contributed by atoms with Gasteiger partial charge in [-0.25, -0.2) is 4.57 Å². The first-order valence-electron chi connectivity index (χ1n) is 0.783. The van der Waals surface area contributed by atoms with Crippen molar-refractivity contribution in [1.29, 1.82) is 0 Å². The van der Waals surface area contributed by atoms with Crippen molar-refractivity contribution in [3.63, 3.8) is 0 Å². The fourth-order valence-electron chi connectivity index (χ4n) is 0. The Labute approximate surface area is 34.4 Å². The second-order valence-corrected chi connectivity index (χ2v) is 1.54. The Hall–Kier alpha value is 0.0191. The molecular weight excluding hydrogens is 99.0 g/mol. The zero-order valence-electron chi connectivity index (χ0n) is 2.90. The summed E-state index contributed by atoms with van der Waals surface area (Å²) in [5.41, 5.74) is 0. The average molecular weight is 102 g/mol. The summed E-state index contributed by atoms with van der Waals surface area (Å²) < 4.78 is 8.88. The van der Waals surface area contributed by atoms with Crippen LogP contribution in [0, 0.1) is 6.15 Å². The van der Waals surface area contributed by atoms with E-state index in [1.54, 1.807) is 0 Å². The normalized spacial score (nSPS) is 9.83. The van der Waals surface area contributed by atoms with E-state index in [0.29, 0.717) is 0 Å². The van der Waals surface area contributed by atoms with E-state index in [-0.39, 0.29) is 6.15 Å². The summed E-state index contributed by atoms with van der Waals surface area (Å²) in [6.45, 7) is 0. The molecule has 6 heavy (non-hydrogen) atoms. The molecule has 0 bridgehead atoms. The zero-order chi connectivity index (χ0) is 4.50. The molecule has 0 aromatic carbocycles. The van der Waals surface area contributed by atoms with E-state index in [2.05, 4.69) is 0 Å². The van der Waals surface area contributed by atoms with Crippen molar-refractivity contribution < 1.29 is 25.4 Å². The van der Waals surface area contributed by atoms with Gasteiger partial charge < -0.3 is 14.7 Å². The Morgan fingerprint density at radius 1 is 1.17 bits per heavy atom. The molecule has 0 saturated carbocycles. The van der Waals surface area contributed by atoms with Crippen LogP contribution in [0.2, 0.25) is 0 Å². The van der Waals surface area contributed by atoms with Gasteiger partial charge in [-0.1, -0.05) is 0 Å². The summed E-state index contributed by atoms with van der Waals surface area (Å²) >= 11 is 0. The largest absolute Gasteiger partial charge is 0.466 e. The Morgan fingerprint density at radius 2 is 1.17 bits per heavy atom. The van der Waals surface area contributed by atoms with Gasteiger partial charge in [0.25, 0.3) is 0 Å². The molecule has 0 aromatic rings. The van der Waals surface area contributed by atoms with Gasteiger partial charge in [0.2, 0.25) is 0 Å². The average Bonchev–Trinajstić information content (AvgIpc) is 0.722. The molecule has 0 atom stereocenters. The van der Waals surface area contributed by atoms with Crippen LogP contribution >= 0.6 is 7.82 Å². The van der Waals surface area contributed by atoms with E-state index in [9.17, 15) is 0 Å². The molecule has 34 valence electrons. The number of hydrogen-bond acceptors (Lipinski definition) is 1. The predicted molar refractivity (Wildman–Crippen MR) is 14.3 cm³/mol. The molecule has 0 aliphatic rings. The molecule has 0 radical (unpaired) electrons. The van der Waals surface area contributed by atoms with Gasteiger partial charge in [-0.05, 0) is 0 Å². The fraction of sp³-hybridized carbons (Fsp3) is 0. The third-order valence-electron chi connectivity index (χ3n) is 0. The number of phosphoric acid groups is 1. The molecule has 0 rings (SSSR count). The summed E-state index contributed by atoms with van der Waals surface area (Å²) in [4.78, 5) is 21.6. The van der Waals surface area contributed by atoms with Gasteiger partial charge in [0.1, 0.15) is 0 Å². The molecule has 0 aliphatic heterocycles. The van der Waals surface area contributed by atoms with Crippen LogP contribution < -0.4 is 0 Å². The standard InChI is InChI=1S/He.H3O4P/c;1-5(2,3)4/h;(H3,1,2,3,4). The van der Waals surface area contributed by atoms with Crippen LogP contribution in [0.5, 0.6) is 0 Å². The van der Waals surface area contributed by atoms with Gasteiger partial charge in [-0.3, -0.25) is 0 Å². The van der Waals surface area contributed by atoms with Crippen molar-refractivity contribution in [3.8, 4) is 0 Å². The molecule has 0 aliphatic carbocycles. The van der Waals surface area contributed by atoms with Gasteiger partial charge in [-0.2, -0.15) is 0 Å². The second-order valence-electron chi connectivity index (χ2n) is 0.513. The first kappa shape index (κ1) is 9.39. The van der Waals surface area contributed by atoms with Crippen LogP contribution in [0.4, 0.5) is 0 Å². The van der Waals surface area contributed by atoms with Gasteiger partial charge in [-0.15, -0.1) is 0 Å². The number of rotatable bonds is 0. The maximum Gasteiger partial charge on any atom is 0.466 e. The van der Waals surface area contributed by atoms with Crippen LogP contribution in [-0.2, 0) is 4.57 Å². The van der Waals surface area contributed by atoms with Crippen molar-refractivity contribution in [2.24, 2.45) is 0 Å². The predicted octanol–water partition coefficient (Wildman–Crippen LogP) is -0.929. The van der Waals surface area contributed by atoms with Gasteiger partial charge in [0.05, 0.1) is 0 Å². The summed E-state index contributed by atoms with van der Waals surface area (Å²) in [5, 5.41) is 0. The maximum absolute atomic E-state index is 8.88. The third-order valence-corrected chi connectivity index (χ3v) is 0. The van der Waals surface area contributed by atoms with E-state index in [0.717, 1.165) is 0 Å². The zero-order valence-corrected chi connectivity index (χ0v) is 3.80. The Bertz CT molecular complexity index is 53.7. The van der Waals surface area contributed by atoms with Gasteiger partial charge in [0, 0.05) is 6.15 Å². The monoisotopic (exact) mass is 102 g/mol. The van der Waals surface area contributed by atoms with Crippen molar-refractivity contribution in [1.82, 2.24) is 0 Å². The molecular formula is H3HeO4P. The van der Waals surface area contributed by atoms with Crippen molar-refractivity contribution >= 4 is 7.82 Å². The molecule has 0 aromatic heterocycles. The van der Waals surface area contributed by atoms with Crippen LogP contribution in [0.15, 0.2) is 0 Å².